The Morgan fingerprint density at radius 3 is 2.67 bits per heavy atom. The third-order valence-electron chi connectivity index (χ3n) is 3.51. The molecule has 0 spiro atoms. The Hall–Kier alpha value is -1.81. The van der Waals surface area contributed by atoms with Crippen LogP contribution >= 0.6 is 0 Å². The molecule has 0 amide bonds. The van der Waals surface area contributed by atoms with Gasteiger partial charge in [0.2, 0.25) is 0 Å². The molecule has 2 aromatic rings. The van der Waals surface area contributed by atoms with Gasteiger partial charge in [0.15, 0.2) is 23.2 Å². The highest BCUT2D eigenvalue weighted by Gasteiger charge is 2.39. The van der Waals surface area contributed by atoms with Crippen LogP contribution in [0.2, 0.25) is 0 Å². The lowest BCUT2D eigenvalue weighted by molar-refractivity contribution is -0.210. The number of rotatable bonds is 2. The summed E-state index contributed by atoms with van der Waals surface area (Å²) in [7, 11) is 3.68. The molecule has 1 fully saturated rings. The molecule has 2 aromatic heterocycles. The quantitative estimate of drug-likeness (QED) is 0.613. The molecule has 9 heteroatoms. The third-order valence-corrected chi connectivity index (χ3v) is 3.51. The summed E-state index contributed by atoms with van der Waals surface area (Å²) in [5.74, 6) is 0.643. The van der Waals surface area contributed by atoms with Crippen molar-refractivity contribution in [1.29, 1.82) is 0 Å². The lowest BCUT2D eigenvalue weighted by Gasteiger charge is -2.35. The van der Waals surface area contributed by atoms with E-state index in [1.807, 2.05) is 14.1 Å². The maximum atomic E-state index is 10.1. The second kappa shape index (κ2) is 5.19. The minimum atomic E-state index is -1.28. The lowest BCUT2D eigenvalue weighted by Crippen LogP contribution is -2.50. The van der Waals surface area contributed by atoms with Crippen LogP contribution in [-0.4, -0.2) is 73.9 Å². The van der Waals surface area contributed by atoms with Crippen LogP contribution in [0.15, 0.2) is 12.7 Å². The molecule has 3 heterocycles. The van der Waals surface area contributed by atoms with Crippen LogP contribution < -0.4 is 4.90 Å². The van der Waals surface area contributed by atoms with Crippen LogP contribution in [-0.2, 0) is 4.74 Å². The average molecular weight is 295 g/mol. The summed E-state index contributed by atoms with van der Waals surface area (Å²) in [6.07, 6.45) is -1.65. The predicted molar refractivity (Wildman–Crippen MR) is 72.7 cm³/mol. The van der Waals surface area contributed by atoms with Crippen molar-refractivity contribution in [2.24, 2.45) is 0 Å². The monoisotopic (exact) mass is 295 g/mol. The van der Waals surface area contributed by atoms with E-state index in [2.05, 4.69) is 15.0 Å². The minimum Gasteiger partial charge on any atom is -0.388 e. The van der Waals surface area contributed by atoms with Crippen LogP contribution in [0.1, 0.15) is 6.23 Å². The fraction of sp³-hybridized carbons (Fsp3) is 0.583. The molecule has 3 rings (SSSR count). The van der Waals surface area contributed by atoms with Gasteiger partial charge in [-0.2, -0.15) is 0 Å². The van der Waals surface area contributed by atoms with Crippen molar-refractivity contribution < 1.29 is 20.1 Å². The number of aliphatic hydroxyl groups excluding tert-OH is 3. The lowest BCUT2D eigenvalue weighted by atomic mass is 10.0. The van der Waals surface area contributed by atoms with Gasteiger partial charge in [-0.1, -0.05) is 0 Å². The number of aliphatic hydroxyl groups is 3. The number of hydrogen-bond acceptors (Lipinski definition) is 8. The third kappa shape index (κ3) is 2.23. The standard InChI is InChI=1S/C12H17N5O4/c1-16(2)10-7-11(14-4-13-10)17(5-15-7)12-9(20)8(19)6(18)3-21-12/h4-6,8-9,12,18-20H,3H2,1-2H3. The Morgan fingerprint density at radius 1 is 1.19 bits per heavy atom. The fourth-order valence-corrected chi connectivity index (χ4v) is 2.39. The van der Waals surface area contributed by atoms with Gasteiger partial charge in [-0.15, -0.1) is 0 Å². The van der Waals surface area contributed by atoms with Crippen molar-refractivity contribution in [3.8, 4) is 0 Å². The number of fused-ring (bicyclic) bond motifs is 1. The molecular weight excluding hydrogens is 278 g/mol. The van der Waals surface area contributed by atoms with E-state index in [4.69, 9.17) is 4.74 Å². The zero-order valence-corrected chi connectivity index (χ0v) is 11.7. The summed E-state index contributed by atoms with van der Waals surface area (Å²) in [6.45, 7) is -0.0752. The van der Waals surface area contributed by atoms with E-state index in [1.54, 1.807) is 4.90 Å². The zero-order valence-electron chi connectivity index (χ0n) is 11.7. The summed E-state index contributed by atoms with van der Waals surface area (Å²) >= 11 is 0. The molecule has 0 aliphatic carbocycles. The smallest absolute Gasteiger partial charge is 0.167 e. The van der Waals surface area contributed by atoms with Crippen LogP contribution in [0.4, 0.5) is 5.82 Å². The molecule has 1 saturated heterocycles. The van der Waals surface area contributed by atoms with Gasteiger partial charge in [0, 0.05) is 14.1 Å². The Morgan fingerprint density at radius 2 is 1.95 bits per heavy atom. The summed E-state index contributed by atoms with van der Waals surface area (Å²) < 4.78 is 6.95. The fourth-order valence-electron chi connectivity index (χ4n) is 2.39. The molecule has 0 saturated carbocycles. The number of hydrogen-bond donors (Lipinski definition) is 3. The van der Waals surface area contributed by atoms with E-state index in [0.717, 1.165) is 0 Å². The zero-order chi connectivity index (χ0) is 15.1. The maximum Gasteiger partial charge on any atom is 0.167 e. The largest absolute Gasteiger partial charge is 0.388 e. The van der Waals surface area contributed by atoms with Crippen molar-refractivity contribution in [3.63, 3.8) is 0 Å². The van der Waals surface area contributed by atoms with E-state index in [9.17, 15) is 15.3 Å². The van der Waals surface area contributed by atoms with Crippen molar-refractivity contribution in [2.45, 2.75) is 24.5 Å². The van der Waals surface area contributed by atoms with Gasteiger partial charge < -0.3 is 25.0 Å². The molecule has 0 bridgehead atoms. The Bertz CT molecular complexity index is 646. The van der Waals surface area contributed by atoms with Gasteiger partial charge in [-0.05, 0) is 0 Å². The van der Waals surface area contributed by atoms with Crippen LogP contribution in [0.5, 0.6) is 0 Å². The SMILES string of the molecule is CN(C)c1ncnc2c1ncn2C1OCC(O)C(O)C1O. The second-order valence-corrected chi connectivity index (χ2v) is 5.19. The van der Waals surface area contributed by atoms with Crippen molar-refractivity contribution in [1.82, 2.24) is 19.5 Å². The summed E-state index contributed by atoms with van der Waals surface area (Å²) in [5, 5.41) is 29.4. The molecule has 9 nitrogen and oxygen atoms in total. The highest BCUT2D eigenvalue weighted by Crippen LogP contribution is 2.28. The first-order valence-corrected chi connectivity index (χ1v) is 6.51. The normalized spacial score (nSPS) is 29.8. The molecule has 4 unspecified atom stereocenters. The maximum absolute atomic E-state index is 10.1. The summed E-state index contributed by atoms with van der Waals surface area (Å²) in [6, 6.07) is 0. The van der Waals surface area contributed by atoms with E-state index in [0.29, 0.717) is 17.0 Å². The average Bonchev–Trinajstić information content (AvgIpc) is 2.88. The highest BCUT2D eigenvalue weighted by atomic mass is 16.5. The number of imidazole rings is 1. The van der Waals surface area contributed by atoms with Gasteiger partial charge in [-0.25, -0.2) is 15.0 Å². The van der Waals surface area contributed by atoms with Gasteiger partial charge in [0.1, 0.15) is 24.6 Å². The molecule has 1 aliphatic rings. The number of nitrogens with zero attached hydrogens (tertiary/aromatic N) is 5. The van der Waals surface area contributed by atoms with E-state index >= 15 is 0 Å². The van der Waals surface area contributed by atoms with E-state index in [-0.39, 0.29) is 6.61 Å². The molecule has 4 atom stereocenters. The van der Waals surface area contributed by atoms with E-state index < -0.39 is 24.5 Å². The first-order valence-electron chi connectivity index (χ1n) is 6.51. The summed E-state index contributed by atoms with van der Waals surface area (Å²) in [4.78, 5) is 14.4. The van der Waals surface area contributed by atoms with Crippen molar-refractivity contribution in [2.75, 3.05) is 25.6 Å². The molecule has 1 aliphatic heterocycles. The van der Waals surface area contributed by atoms with Crippen LogP contribution in [0, 0.1) is 0 Å². The Balaban J connectivity index is 2.04. The van der Waals surface area contributed by atoms with Gasteiger partial charge in [-0.3, -0.25) is 4.57 Å². The molecule has 0 aromatic carbocycles. The number of anilines is 1. The minimum absolute atomic E-state index is 0.0752. The number of aromatic nitrogens is 4. The second-order valence-electron chi connectivity index (χ2n) is 5.19. The Kier molecular flexibility index (Phi) is 3.49. The van der Waals surface area contributed by atoms with Crippen LogP contribution in [0.3, 0.4) is 0 Å². The van der Waals surface area contributed by atoms with Crippen molar-refractivity contribution >= 4 is 17.0 Å². The molecule has 3 N–H and O–H groups in total. The van der Waals surface area contributed by atoms with Crippen LogP contribution in [0.25, 0.3) is 11.2 Å². The number of ether oxygens (including phenoxy) is 1. The van der Waals surface area contributed by atoms with E-state index in [1.165, 1.54) is 17.2 Å². The predicted octanol–water partition coefficient (Wildman–Crippen LogP) is -1.50. The topological polar surface area (TPSA) is 117 Å². The molecular formula is C12H17N5O4. The first-order chi connectivity index (χ1) is 10.0. The van der Waals surface area contributed by atoms with Gasteiger partial charge >= 0.3 is 0 Å². The molecule has 21 heavy (non-hydrogen) atoms. The highest BCUT2D eigenvalue weighted by molar-refractivity contribution is 5.83. The summed E-state index contributed by atoms with van der Waals surface area (Å²) in [5.41, 5.74) is 1.06. The van der Waals surface area contributed by atoms with Gasteiger partial charge in [0.25, 0.3) is 0 Å². The van der Waals surface area contributed by atoms with Gasteiger partial charge in [0.05, 0.1) is 12.9 Å². The molecule has 0 radical (unpaired) electrons. The van der Waals surface area contributed by atoms with Crippen molar-refractivity contribution in [3.05, 3.63) is 12.7 Å². The Labute approximate surface area is 120 Å². The first kappa shape index (κ1) is 14.1. The molecule has 114 valence electrons.